The molecule has 0 bridgehead atoms. The third-order valence-corrected chi connectivity index (χ3v) is 2.75. The molecule has 2 aromatic rings. The van der Waals surface area contributed by atoms with Gasteiger partial charge in [0.2, 0.25) is 0 Å². The lowest BCUT2D eigenvalue weighted by molar-refractivity contribution is 0.412. The molecule has 0 atom stereocenters. The number of anilines is 1. The van der Waals surface area contributed by atoms with Crippen LogP contribution < -0.4 is 10.5 Å². The normalized spacial score (nSPS) is 10.3. The topological polar surface area (TPSA) is 48.1 Å². The van der Waals surface area contributed by atoms with E-state index >= 15 is 0 Å². The van der Waals surface area contributed by atoms with E-state index in [0.29, 0.717) is 22.1 Å². The second kappa shape index (κ2) is 3.86. The summed E-state index contributed by atoms with van der Waals surface area (Å²) in [4.78, 5) is 4.15. The van der Waals surface area contributed by atoms with Gasteiger partial charge in [0.15, 0.2) is 0 Å². The number of rotatable bonds is 2. The van der Waals surface area contributed by atoms with Crippen LogP contribution in [0.1, 0.15) is 0 Å². The largest absolute Gasteiger partial charge is 0.473 e. The number of hydrogen-bond donors (Lipinski definition) is 1. The van der Waals surface area contributed by atoms with Gasteiger partial charge in [-0.25, -0.2) is 9.37 Å². The van der Waals surface area contributed by atoms with Gasteiger partial charge >= 0.3 is 0 Å². The van der Waals surface area contributed by atoms with E-state index in [4.69, 9.17) is 10.5 Å². The van der Waals surface area contributed by atoms with Crippen LogP contribution in [0.15, 0.2) is 23.6 Å². The fourth-order valence-electron chi connectivity index (χ4n) is 1.23. The summed E-state index contributed by atoms with van der Waals surface area (Å²) < 4.78 is 18.0. The van der Waals surface area contributed by atoms with E-state index in [9.17, 15) is 4.39 Å². The van der Waals surface area contributed by atoms with Gasteiger partial charge in [-0.15, -0.1) is 0 Å². The van der Waals surface area contributed by atoms with Gasteiger partial charge in [-0.2, -0.15) is 0 Å². The number of nitrogens with zero attached hydrogens (tertiary/aromatic N) is 1. The predicted octanol–water partition coefficient (Wildman–Crippen LogP) is 2.54. The highest BCUT2D eigenvalue weighted by molar-refractivity contribution is 7.11. The Morgan fingerprint density at radius 2 is 2.27 bits per heavy atom. The van der Waals surface area contributed by atoms with Crippen LogP contribution in [-0.4, -0.2) is 12.1 Å². The van der Waals surface area contributed by atoms with Crippen LogP contribution in [0, 0.1) is 5.82 Å². The molecule has 0 aliphatic carbocycles. The van der Waals surface area contributed by atoms with Crippen molar-refractivity contribution in [2.45, 2.75) is 0 Å². The van der Waals surface area contributed by atoms with Crippen molar-refractivity contribution in [2.24, 2.45) is 0 Å². The molecule has 0 unspecified atom stereocenters. The van der Waals surface area contributed by atoms with E-state index in [2.05, 4.69) is 4.98 Å². The lowest BCUT2D eigenvalue weighted by atomic mass is 10.1. The molecule has 2 N–H and O–H groups in total. The first-order valence-electron chi connectivity index (χ1n) is 4.25. The van der Waals surface area contributed by atoms with E-state index in [1.807, 2.05) is 0 Å². The molecule has 78 valence electrons. The highest BCUT2D eigenvalue weighted by Gasteiger charge is 2.08. The lowest BCUT2D eigenvalue weighted by Crippen LogP contribution is -1.91. The molecule has 0 saturated carbocycles. The maximum atomic E-state index is 13.0. The van der Waals surface area contributed by atoms with Crippen molar-refractivity contribution in [3.8, 4) is 16.5 Å². The van der Waals surface area contributed by atoms with Crippen molar-refractivity contribution in [3.63, 3.8) is 0 Å². The molecule has 1 heterocycles. The van der Waals surface area contributed by atoms with Crippen LogP contribution in [0.3, 0.4) is 0 Å². The average Bonchev–Trinajstić information content (AvgIpc) is 2.70. The molecule has 0 aliphatic rings. The third-order valence-electron chi connectivity index (χ3n) is 1.95. The highest BCUT2D eigenvalue weighted by atomic mass is 32.1. The van der Waals surface area contributed by atoms with Crippen LogP contribution in [0.4, 0.5) is 10.1 Å². The number of nitrogen functional groups attached to an aromatic ring is 1. The minimum Gasteiger partial charge on any atom is -0.473 e. The van der Waals surface area contributed by atoms with Gasteiger partial charge in [0, 0.05) is 16.6 Å². The fraction of sp³-hybridized carbons (Fsp3) is 0.100. The molecule has 1 aromatic carbocycles. The minimum absolute atomic E-state index is 0.328. The highest BCUT2D eigenvalue weighted by Crippen LogP contribution is 2.30. The number of benzene rings is 1. The van der Waals surface area contributed by atoms with Gasteiger partial charge in [0.1, 0.15) is 5.82 Å². The third kappa shape index (κ3) is 1.92. The summed E-state index contributed by atoms with van der Waals surface area (Å²) in [5.41, 5.74) is 7.46. The maximum Gasteiger partial charge on any atom is 0.273 e. The quantitative estimate of drug-likeness (QED) is 0.797. The summed E-state index contributed by atoms with van der Waals surface area (Å²) in [6, 6.07) is 4.21. The zero-order valence-corrected chi connectivity index (χ0v) is 8.84. The van der Waals surface area contributed by atoms with Gasteiger partial charge < -0.3 is 10.5 Å². The number of ether oxygens (including phenoxy) is 1. The smallest absolute Gasteiger partial charge is 0.273 e. The molecule has 0 amide bonds. The van der Waals surface area contributed by atoms with Gasteiger partial charge in [0.25, 0.3) is 5.19 Å². The molecule has 0 saturated heterocycles. The molecule has 0 spiro atoms. The van der Waals surface area contributed by atoms with E-state index in [-0.39, 0.29) is 5.82 Å². The molecule has 0 fully saturated rings. The number of methoxy groups -OCH3 is 1. The fourth-order valence-corrected chi connectivity index (χ4v) is 1.86. The van der Waals surface area contributed by atoms with Crippen LogP contribution in [0.5, 0.6) is 5.19 Å². The average molecular weight is 224 g/mol. The second-order valence-corrected chi connectivity index (χ2v) is 3.75. The van der Waals surface area contributed by atoms with Gasteiger partial charge in [-0.3, -0.25) is 0 Å². The zero-order chi connectivity index (χ0) is 10.8. The van der Waals surface area contributed by atoms with Crippen molar-refractivity contribution >= 4 is 17.0 Å². The standard InChI is InChI=1S/C10H9FN2OS/c1-14-10-13-9(5-15-10)7-4-6(11)2-3-8(7)12/h2-5H,12H2,1H3. The Morgan fingerprint density at radius 1 is 1.47 bits per heavy atom. The first-order valence-corrected chi connectivity index (χ1v) is 5.13. The number of aromatic nitrogens is 1. The number of hydrogen-bond acceptors (Lipinski definition) is 4. The SMILES string of the molecule is COc1nc(-c2cc(F)ccc2N)cs1. The van der Waals surface area contributed by atoms with Crippen molar-refractivity contribution in [1.29, 1.82) is 0 Å². The molecule has 15 heavy (non-hydrogen) atoms. The van der Waals surface area contributed by atoms with E-state index < -0.39 is 0 Å². The molecular weight excluding hydrogens is 215 g/mol. The van der Waals surface area contributed by atoms with Crippen molar-refractivity contribution < 1.29 is 9.13 Å². The van der Waals surface area contributed by atoms with Crippen molar-refractivity contribution in [1.82, 2.24) is 4.98 Å². The van der Waals surface area contributed by atoms with Crippen LogP contribution in [-0.2, 0) is 0 Å². The first-order chi connectivity index (χ1) is 7.20. The Kier molecular flexibility index (Phi) is 2.55. The van der Waals surface area contributed by atoms with Crippen LogP contribution in [0.25, 0.3) is 11.3 Å². The van der Waals surface area contributed by atoms with E-state index in [1.165, 1.54) is 36.6 Å². The molecular formula is C10H9FN2OS. The Hall–Kier alpha value is -1.62. The summed E-state index contributed by atoms with van der Waals surface area (Å²) >= 11 is 1.35. The van der Waals surface area contributed by atoms with Crippen molar-refractivity contribution in [3.05, 3.63) is 29.4 Å². The molecule has 0 aliphatic heterocycles. The number of halogens is 1. The summed E-state index contributed by atoms with van der Waals surface area (Å²) in [5, 5.41) is 2.32. The Bertz CT molecular complexity index is 484. The minimum atomic E-state index is -0.328. The van der Waals surface area contributed by atoms with Crippen LogP contribution in [0.2, 0.25) is 0 Å². The number of thiazole rings is 1. The molecule has 3 nitrogen and oxygen atoms in total. The lowest BCUT2D eigenvalue weighted by Gasteiger charge is -2.01. The second-order valence-electron chi connectivity index (χ2n) is 2.93. The zero-order valence-electron chi connectivity index (χ0n) is 8.03. The molecule has 1 aromatic heterocycles. The van der Waals surface area contributed by atoms with Crippen molar-refractivity contribution in [2.75, 3.05) is 12.8 Å². The monoisotopic (exact) mass is 224 g/mol. The van der Waals surface area contributed by atoms with Gasteiger partial charge in [-0.05, 0) is 18.2 Å². The molecule has 5 heteroatoms. The van der Waals surface area contributed by atoms with E-state index in [1.54, 1.807) is 5.38 Å². The summed E-state index contributed by atoms with van der Waals surface area (Å²) in [7, 11) is 1.54. The summed E-state index contributed by atoms with van der Waals surface area (Å²) in [6.07, 6.45) is 0. The van der Waals surface area contributed by atoms with Gasteiger partial charge in [0.05, 0.1) is 12.8 Å². The Balaban J connectivity index is 2.48. The predicted molar refractivity (Wildman–Crippen MR) is 58.5 cm³/mol. The van der Waals surface area contributed by atoms with E-state index in [0.717, 1.165) is 0 Å². The van der Waals surface area contributed by atoms with Gasteiger partial charge in [-0.1, -0.05) is 11.3 Å². The maximum absolute atomic E-state index is 13.0. The number of nitrogens with two attached hydrogens (primary N) is 1. The Labute approximate surface area is 90.3 Å². The summed E-state index contributed by atoms with van der Waals surface area (Å²) in [5.74, 6) is -0.328. The Morgan fingerprint density at radius 3 is 2.93 bits per heavy atom. The summed E-state index contributed by atoms with van der Waals surface area (Å²) in [6.45, 7) is 0. The molecule has 2 rings (SSSR count). The van der Waals surface area contributed by atoms with Crippen LogP contribution >= 0.6 is 11.3 Å². The first kappa shape index (κ1) is 9.92. The molecule has 0 radical (unpaired) electrons.